The van der Waals surface area contributed by atoms with Crippen LogP contribution >= 0.6 is 23.1 Å². The van der Waals surface area contributed by atoms with Crippen LogP contribution in [-0.2, 0) is 0 Å². The van der Waals surface area contributed by atoms with Gasteiger partial charge in [-0.05, 0) is 36.5 Å². The van der Waals surface area contributed by atoms with E-state index in [0.717, 1.165) is 37.2 Å². The van der Waals surface area contributed by atoms with Crippen molar-refractivity contribution >= 4 is 40.7 Å². The van der Waals surface area contributed by atoms with E-state index in [4.69, 9.17) is 11.6 Å². The van der Waals surface area contributed by atoms with Gasteiger partial charge in [0, 0.05) is 29.7 Å². The van der Waals surface area contributed by atoms with Crippen LogP contribution in [0.4, 0.5) is 11.6 Å². The smallest absolute Gasteiger partial charge is 0.276 e. The summed E-state index contributed by atoms with van der Waals surface area (Å²) >= 11 is 7.43. The Labute approximate surface area is 159 Å². The Balaban J connectivity index is 1.51. The average Bonchev–Trinajstić information content (AvgIpc) is 3.37. The maximum absolute atomic E-state index is 12.6. The molecular weight excluding hydrogens is 372 g/mol. The van der Waals surface area contributed by atoms with Crippen molar-refractivity contribution in [2.24, 2.45) is 0 Å². The van der Waals surface area contributed by atoms with E-state index in [1.54, 1.807) is 0 Å². The van der Waals surface area contributed by atoms with E-state index in [2.05, 4.69) is 29.8 Å². The summed E-state index contributed by atoms with van der Waals surface area (Å²) in [5, 5.41) is 8.95. The zero-order chi connectivity index (χ0) is 17.9. The van der Waals surface area contributed by atoms with Crippen molar-refractivity contribution in [1.82, 2.24) is 19.6 Å². The summed E-state index contributed by atoms with van der Waals surface area (Å²) in [6.07, 6.45) is 3.69. The van der Waals surface area contributed by atoms with Gasteiger partial charge in [0.2, 0.25) is 5.95 Å². The fraction of sp³-hybridized carbons (Fsp3) is 0.235. The molecule has 2 aromatic heterocycles. The zero-order valence-electron chi connectivity index (χ0n) is 13.7. The van der Waals surface area contributed by atoms with E-state index in [-0.39, 0.29) is 16.6 Å². The number of aromatic nitrogens is 4. The molecule has 9 heteroatoms. The molecule has 3 aromatic rings. The predicted molar refractivity (Wildman–Crippen MR) is 102 cm³/mol. The number of hydrogen-bond donors (Lipinski definition) is 1. The third-order valence-corrected chi connectivity index (χ3v) is 4.92. The molecule has 26 heavy (non-hydrogen) atoms. The summed E-state index contributed by atoms with van der Waals surface area (Å²) in [6.45, 7) is 1.80. The Hall–Kier alpha value is -2.58. The summed E-state index contributed by atoms with van der Waals surface area (Å²) in [4.78, 5) is 23.3. The molecule has 0 atom stereocenters. The lowest BCUT2D eigenvalue weighted by molar-refractivity contribution is 0.102. The number of halogens is 1. The Morgan fingerprint density at radius 1 is 1.19 bits per heavy atom. The Morgan fingerprint density at radius 2 is 1.96 bits per heavy atom. The van der Waals surface area contributed by atoms with Crippen LogP contribution in [0.1, 0.15) is 23.3 Å². The number of anilines is 2. The first-order valence-electron chi connectivity index (χ1n) is 8.17. The highest BCUT2D eigenvalue weighted by molar-refractivity contribution is 7.03. The van der Waals surface area contributed by atoms with Crippen LogP contribution in [0.3, 0.4) is 0 Å². The van der Waals surface area contributed by atoms with Gasteiger partial charge in [0.15, 0.2) is 5.69 Å². The van der Waals surface area contributed by atoms with Crippen molar-refractivity contribution in [2.75, 3.05) is 23.3 Å². The van der Waals surface area contributed by atoms with Crippen molar-refractivity contribution in [2.45, 2.75) is 12.8 Å². The molecule has 3 heterocycles. The molecule has 1 N–H and O–H groups in total. The SMILES string of the molecule is O=C(Nc1ccc(-c2csnn2)cc1)c1nc(N2CCCC2)ncc1Cl. The standard InChI is InChI=1S/C17H15ClN6OS/c18-13-9-19-17(24-7-1-2-8-24)21-15(13)16(25)20-12-5-3-11(4-6-12)14-10-26-23-22-14/h3-6,9-10H,1-2,7-8H2,(H,20,25). The quantitative estimate of drug-likeness (QED) is 0.738. The third kappa shape index (κ3) is 3.51. The van der Waals surface area contributed by atoms with Crippen LogP contribution in [0.2, 0.25) is 5.02 Å². The predicted octanol–water partition coefficient (Wildman–Crippen LogP) is 3.50. The van der Waals surface area contributed by atoms with Crippen molar-refractivity contribution in [3.8, 4) is 11.3 Å². The number of hydrogen-bond acceptors (Lipinski definition) is 7. The van der Waals surface area contributed by atoms with Gasteiger partial charge in [0.1, 0.15) is 5.69 Å². The van der Waals surface area contributed by atoms with E-state index >= 15 is 0 Å². The van der Waals surface area contributed by atoms with Crippen LogP contribution in [0.15, 0.2) is 35.8 Å². The molecular formula is C17H15ClN6OS. The first-order chi connectivity index (χ1) is 12.7. The van der Waals surface area contributed by atoms with Gasteiger partial charge in [0.25, 0.3) is 5.91 Å². The van der Waals surface area contributed by atoms with E-state index in [1.807, 2.05) is 29.6 Å². The number of rotatable bonds is 4. The number of carbonyl (C=O) groups excluding carboxylic acids is 1. The second kappa shape index (κ2) is 7.35. The van der Waals surface area contributed by atoms with E-state index in [1.165, 1.54) is 17.7 Å². The largest absolute Gasteiger partial charge is 0.341 e. The minimum Gasteiger partial charge on any atom is -0.341 e. The molecule has 1 saturated heterocycles. The monoisotopic (exact) mass is 386 g/mol. The van der Waals surface area contributed by atoms with Crippen LogP contribution in [0.5, 0.6) is 0 Å². The van der Waals surface area contributed by atoms with Crippen LogP contribution in [0, 0.1) is 0 Å². The molecule has 7 nitrogen and oxygen atoms in total. The molecule has 1 aliphatic heterocycles. The molecule has 1 aromatic carbocycles. The van der Waals surface area contributed by atoms with Crippen molar-refractivity contribution in [3.63, 3.8) is 0 Å². The van der Waals surface area contributed by atoms with E-state index in [9.17, 15) is 4.79 Å². The van der Waals surface area contributed by atoms with Gasteiger partial charge in [-0.2, -0.15) is 0 Å². The van der Waals surface area contributed by atoms with Crippen LogP contribution < -0.4 is 10.2 Å². The van der Waals surface area contributed by atoms with Crippen molar-refractivity contribution in [1.29, 1.82) is 0 Å². The lowest BCUT2D eigenvalue weighted by atomic mass is 10.1. The normalized spacial score (nSPS) is 13.8. The number of nitrogens with one attached hydrogen (secondary N) is 1. The fourth-order valence-corrected chi connectivity index (χ4v) is 3.43. The molecule has 132 valence electrons. The van der Waals surface area contributed by atoms with Gasteiger partial charge in [-0.1, -0.05) is 28.2 Å². The Morgan fingerprint density at radius 3 is 2.65 bits per heavy atom. The highest BCUT2D eigenvalue weighted by Gasteiger charge is 2.19. The second-order valence-corrected chi connectivity index (χ2v) is 6.90. The van der Waals surface area contributed by atoms with Gasteiger partial charge in [0.05, 0.1) is 11.2 Å². The van der Waals surface area contributed by atoms with Gasteiger partial charge in [-0.15, -0.1) is 5.10 Å². The lowest BCUT2D eigenvalue weighted by Crippen LogP contribution is -2.23. The zero-order valence-corrected chi connectivity index (χ0v) is 15.3. The molecule has 1 fully saturated rings. The minimum atomic E-state index is -0.360. The molecule has 4 rings (SSSR count). The second-order valence-electron chi connectivity index (χ2n) is 5.88. The molecule has 0 saturated carbocycles. The minimum absolute atomic E-state index is 0.177. The van der Waals surface area contributed by atoms with E-state index in [0.29, 0.717) is 11.6 Å². The number of benzene rings is 1. The Bertz CT molecular complexity index is 910. The van der Waals surface area contributed by atoms with Gasteiger partial charge >= 0.3 is 0 Å². The fourth-order valence-electron chi connectivity index (χ4n) is 2.79. The third-order valence-electron chi connectivity index (χ3n) is 4.13. The van der Waals surface area contributed by atoms with Crippen LogP contribution in [-0.4, -0.2) is 38.6 Å². The summed E-state index contributed by atoms with van der Waals surface area (Å²) in [5.74, 6) is 0.185. The van der Waals surface area contributed by atoms with E-state index < -0.39 is 0 Å². The number of nitrogens with zero attached hydrogens (tertiary/aromatic N) is 5. The summed E-state index contributed by atoms with van der Waals surface area (Å²) in [5.41, 5.74) is 2.57. The van der Waals surface area contributed by atoms with Crippen molar-refractivity contribution in [3.05, 3.63) is 46.6 Å². The topological polar surface area (TPSA) is 83.9 Å². The number of carbonyl (C=O) groups is 1. The average molecular weight is 387 g/mol. The highest BCUT2D eigenvalue weighted by atomic mass is 35.5. The van der Waals surface area contributed by atoms with Gasteiger partial charge in [-0.25, -0.2) is 9.97 Å². The molecule has 1 aliphatic rings. The number of amides is 1. The first-order valence-corrected chi connectivity index (χ1v) is 9.38. The maximum atomic E-state index is 12.6. The molecule has 0 bridgehead atoms. The molecule has 0 aliphatic carbocycles. The molecule has 0 unspecified atom stereocenters. The molecule has 0 spiro atoms. The summed E-state index contributed by atoms with van der Waals surface area (Å²) in [7, 11) is 0. The maximum Gasteiger partial charge on any atom is 0.276 e. The molecule has 1 amide bonds. The van der Waals surface area contributed by atoms with Gasteiger partial charge < -0.3 is 10.2 Å². The van der Waals surface area contributed by atoms with Gasteiger partial charge in [-0.3, -0.25) is 4.79 Å². The highest BCUT2D eigenvalue weighted by Crippen LogP contribution is 2.23. The Kier molecular flexibility index (Phi) is 4.77. The summed E-state index contributed by atoms with van der Waals surface area (Å²) < 4.78 is 3.85. The van der Waals surface area contributed by atoms with Crippen molar-refractivity contribution < 1.29 is 4.79 Å². The lowest BCUT2D eigenvalue weighted by Gasteiger charge is -2.16. The molecule has 0 radical (unpaired) electrons. The first kappa shape index (κ1) is 16.9. The van der Waals surface area contributed by atoms with Crippen LogP contribution in [0.25, 0.3) is 11.3 Å². The summed E-state index contributed by atoms with van der Waals surface area (Å²) in [6, 6.07) is 7.37.